The molecule has 41 heavy (non-hydrogen) atoms. The van der Waals surface area contributed by atoms with Gasteiger partial charge >= 0.3 is 6.09 Å². The van der Waals surface area contributed by atoms with Crippen molar-refractivity contribution in [2.75, 3.05) is 43.3 Å². The Labute approximate surface area is 242 Å². The van der Waals surface area contributed by atoms with Crippen LogP contribution < -0.4 is 25.6 Å². The van der Waals surface area contributed by atoms with E-state index in [1.54, 1.807) is 30.3 Å². The number of nitrogens with zero attached hydrogens (tertiary/aromatic N) is 4. The van der Waals surface area contributed by atoms with Gasteiger partial charge in [0, 0.05) is 26.2 Å². The van der Waals surface area contributed by atoms with Crippen molar-refractivity contribution in [1.82, 2.24) is 19.6 Å². The summed E-state index contributed by atoms with van der Waals surface area (Å²) >= 11 is 6.36. The third kappa shape index (κ3) is 6.14. The first-order chi connectivity index (χ1) is 19.5. The number of sulfonamides is 1. The van der Waals surface area contributed by atoms with Crippen LogP contribution in [0.3, 0.4) is 0 Å². The average Bonchev–Trinajstić information content (AvgIpc) is 3.06. The van der Waals surface area contributed by atoms with Crippen LogP contribution in [-0.2, 0) is 21.2 Å². The van der Waals surface area contributed by atoms with Crippen LogP contribution in [0.25, 0.3) is 0 Å². The molecule has 0 saturated carbocycles. The minimum absolute atomic E-state index is 0.0485. The zero-order valence-corrected chi connectivity index (χ0v) is 24.4. The van der Waals surface area contributed by atoms with Crippen LogP contribution in [0, 0.1) is 0 Å². The molecule has 0 aliphatic carbocycles. The molecule has 218 valence electrons. The largest absolute Gasteiger partial charge is 0.494 e. The van der Waals surface area contributed by atoms with Crippen molar-refractivity contribution in [3.05, 3.63) is 53.2 Å². The van der Waals surface area contributed by atoms with E-state index in [2.05, 4.69) is 25.9 Å². The lowest BCUT2D eigenvalue weighted by molar-refractivity contribution is -0.120. The van der Waals surface area contributed by atoms with E-state index in [4.69, 9.17) is 16.3 Å². The average molecular weight is 604 g/mol. The number of methoxy groups -OCH3 is 1. The molecule has 2 amide bonds. The summed E-state index contributed by atoms with van der Waals surface area (Å²) in [4.78, 5) is 34.6. The van der Waals surface area contributed by atoms with Crippen molar-refractivity contribution in [3.8, 4) is 5.75 Å². The number of anilines is 5. The van der Waals surface area contributed by atoms with E-state index in [9.17, 15) is 23.1 Å². The molecule has 15 heteroatoms. The van der Waals surface area contributed by atoms with Gasteiger partial charge < -0.3 is 30.7 Å². The number of amides is 2. The van der Waals surface area contributed by atoms with Gasteiger partial charge in [-0.15, -0.1) is 0 Å². The van der Waals surface area contributed by atoms with Gasteiger partial charge in [0.25, 0.3) is 0 Å². The number of likely N-dealkylation sites (N-methyl/N-ethyl adjacent to an activating group) is 1. The fourth-order valence-electron chi connectivity index (χ4n) is 4.53. The Bertz CT molecular complexity index is 1580. The van der Waals surface area contributed by atoms with E-state index in [1.165, 1.54) is 38.4 Å². The summed E-state index contributed by atoms with van der Waals surface area (Å²) in [5, 5.41) is 17.8. The molecule has 1 aliphatic rings. The first-order valence-corrected chi connectivity index (χ1v) is 14.4. The SMILES string of the molecule is CCN1C(=O)C(NC(=O)O)CCc2c1ccc(Nc1ncc(Cl)c(Nc3ccccc3S(=O)(=O)N(C)C)n1)c2OC. The standard InChI is InChI=1S/C26H30ClN7O6S/c1-5-34-20-13-12-18(22(40-4)15(20)10-11-19(24(34)35)31-26(36)37)30-25-28-14-16(27)23(32-25)29-17-8-6-7-9-21(17)41(38,39)33(2)3/h6-9,12-14,19,31H,5,10-11H2,1-4H3,(H,36,37)(H2,28,29,30,32). The summed E-state index contributed by atoms with van der Waals surface area (Å²) < 4.78 is 32.5. The second kappa shape index (κ2) is 12.2. The maximum atomic E-state index is 13.1. The Morgan fingerprint density at radius 1 is 1.20 bits per heavy atom. The van der Waals surface area contributed by atoms with E-state index in [0.717, 1.165) is 9.87 Å². The molecule has 4 N–H and O–H groups in total. The number of aromatic nitrogens is 2. The third-order valence-electron chi connectivity index (χ3n) is 6.48. The zero-order chi connectivity index (χ0) is 29.9. The number of carbonyl (C=O) groups excluding carboxylic acids is 1. The number of rotatable bonds is 9. The molecule has 1 atom stereocenters. The number of hydrogen-bond donors (Lipinski definition) is 4. The molecule has 1 aliphatic heterocycles. The minimum Gasteiger partial charge on any atom is -0.494 e. The predicted octanol–water partition coefficient (Wildman–Crippen LogP) is 3.81. The number of carboxylic acid groups (broad SMARTS) is 1. The molecular formula is C26H30ClN7O6S. The van der Waals surface area contributed by atoms with Crippen molar-refractivity contribution >= 4 is 62.5 Å². The lowest BCUT2D eigenvalue weighted by Gasteiger charge is -2.25. The first-order valence-electron chi connectivity index (χ1n) is 12.6. The lowest BCUT2D eigenvalue weighted by Crippen LogP contribution is -2.47. The van der Waals surface area contributed by atoms with Crippen LogP contribution >= 0.6 is 11.6 Å². The molecule has 3 aromatic rings. The number of para-hydroxylation sites is 1. The fraction of sp³-hybridized carbons (Fsp3) is 0.308. The van der Waals surface area contributed by atoms with Crippen molar-refractivity contribution < 1.29 is 27.9 Å². The summed E-state index contributed by atoms with van der Waals surface area (Å²) in [5.74, 6) is 0.417. The van der Waals surface area contributed by atoms with E-state index in [1.807, 2.05) is 6.92 Å². The summed E-state index contributed by atoms with van der Waals surface area (Å²) in [5.41, 5.74) is 2.12. The zero-order valence-electron chi connectivity index (χ0n) is 22.8. The van der Waals surface area contributed by atoms with Gasteiger partial charge in [-0.3, -0.25) is 4.79 Å². The summed E-state index contributed by atoms with van der Waals surface area (Å²) in [6, 6.07) is 8.96. The second-order valence-corrected chi connectivity index (χ2v) is 11.7. The maximum absolute atomic E-state index is 13.1. The van der Waals surface area contributed by atoms with Gasteiger partial charge in [0.1, 0.15) is 21.7 Å². The van der Waals surface area contributed by atoms with Crippen LogP contribution in [0.2, 0.25) is 5.02 Å². The highest BCUT2D eigenvalue weighted by atomic mass is 35.5. The molecule has 0 radical (unpaired) electrons. The highest BCUT2D eigenvalue weighted by Crippen LogP contribution is 2.40. The monoisotopic (exact) mass is 603 g/mol. The quantitative estimate of drug-likeness (QED) is 0.282. The van der Waals surface area contributed by atoms with Crippen molar-refractivity contribution in [2.24, 2.45) is 0 Å². The number of carbonyl (C=O) groups is 2. The van der Waals surface area contributed by atoms with E-state index >= 15 is 0 Å². The molecule has 2 heterocycles. The maximum Gasteiger partial charge on any atom is 0.405 e. The van der Waals surface area contributed by atoms with E-state index in [0.29, 0.717) is 30.1 Å². The van der Waals surface area contributed by atoms with E-state index in [-0.39, 0.29) is 39.7 Å². The number of benzene rings is 2. The van der Waals surface area contributed by atoms with Crippen LogP contribution in [0.4, 0.5) is 33.6 Å². The molecule has 1 unspecified atom stereocenters. The van der Waals surface area contributed by atoms with Crippen molar-refractivity contribution in [1.29, 1.82) is 0 Å². The summed E-state index contributed by atoms with van der Waals surface area (Å²) in [6.45, 7) is 2.14. The summed E-state index contributed by atoms with van der Waals surface area (Å²) in [6.07, 6.45) is 0.714. The lowest BCUT2D eigenvalue weighted by atomic mass is 10.0. The molecule has 13 nitrogen and oxygen atoms in total. The molecule has 0 bridgehead atoms. The Balaban J connectivity index is 1.68. The molecule has 0 spiro atoms. The van der Waals surface area contributed by atoms with Gasteiger partial charge in [-0.05, 0) is 44.0 Å². The van der Waals surface area contributed by atoms with Gasteiger partial charge in [0.05, 0.1) is 30.4 Å². The number of ether oxygens (including phenoxy) is 1. The molecule has 1 aromatic heterocycles. The molecule has 0 fully saturated rings. The van der Waals surface area contributed by atoms with Crippen LogP contribution in [0.15, 0.2) is 47.5 Å². The number of halogens is 1. The van der Waals surface area contributed by atoms with Gasteiger partial charge in [0.15, 0.2) is 5.82 Å². The van der Waals surface area contributed by atoms with Crippen LogP contribution in [0.5, 0.6) is 5.75 Å². The molecular weight excluding hydrogens is 574 g/mol. The highest BCUT2D eigenvalue weighted by Gasteiger charge is 2.33. The Kier molecular flexibility index (Phi) is 8.85. The smallest absolute Gasteiger partial charge is 0.405 e. The first kappa shape index (κ1) is 29.8. The molecule has 2 aromatic carbocycles. The number of nitrogens with one attached hydrogen (secondary N) is 3. The van der Waals surface area contributed by atoms with Gasteiger partial charge in [-0.1, -0.05) is 23.7 Å². The normalized spacial score (nSPS) is 15.2. The van der Waals surface area contributed by atoms with Crippen LogP contribution in [-0.4, -0.2) is 73.6 Å². The molecule has 4 rings (SSSR count). The Morgan fingerprint density at radius 3 is 2.59 bits per heavy atom. The van der Waals surface area contributed by atoms with Crippen molar-refractivity contribution in [3.63, 3.8) is 0 Å². The Morgan fingerprint density at radius 2 is 1.93 bits per heavy atom. The van der Waals surface area contributed by atoms with Crippen LogP contribution in [0.1, 0.15) is 18.9 Å². The number of fused-ring (bicyclic) bond motifs is 1. The minimum atomic E-state index is -3.75. The third-order valence-corrected chi connectivity index (χ3v) is 8.63. The topological polar surface area (TPSA) is 166 Å². The second-order valence-electron chi connectivity index (χ2n) is 9.19. The van der Waals surface area contributed by atoms with Gasteiger partial charge in [-0.25, -0.2) is 22.5 Å². The number of hydrogen-bond acceptors (Lipinski definition) is 9. The Hall–Kier alpha value is -4.14. The molecule has 0 saturated heterocycles. The van der Waals surface area contributed by atoms with Gasteiger partial charge in [0.2, 0.25) is 21.9 Å². The summed E-state index contributed by atoms with van der Waals surface area (Å²) in [7, 11) is 0.626. The van der Waals surface area contributed by atoms with Gasteiger partial charge in [-0.2, -0.15) is 4.98 Å². The fourth-order valence-corrected chi connectivity index (χ4v) is 5.71. The highest BCUT2D eigenvalue weighted by molar-refractivity contribution is 7.89. The van der Waals surface area contributed by atoms with Crippen molar-refractivity contribution in [2.45, 2.75) is 30.7 Å². The van der Waals surface area contributed by atoms with E-state index < -0.39 is 22.2 Å². The predicted molar refractivity (Wildman–Crippen MR) is 155 cm³/mol.